The highest BCUT2D eigenvalue weighted by Gasteiger charge is 2.35. The predicted octanol–water partition coefficient (Wildman–Crippen LogP) is 1.10. The molecule has 3 unspecified atom stereocenters. The molecule has 22 heavy (non-hydrogen) atoms. The van der Waals surface area contributed by atoms with E-state index in [0.717, 1.165) is 19.3 Å². The van der Waals surface area contributed by atoms with Gasteiger partial charge in [-0.25, -0.2) is 10.3 Å². The Kier molecular flexibility index (Phi) is 8.62. The number of allylic oxidation sites excluding steroid dienone is 1. The third kappa shape index (κ3) is 6.04. The lowest BCUT2D eigenvalue weighted by molar-refractivity contribution is -0.201. The molecule has 1 amide bonds. The van der Waals surface area contributed by atoms with Crippen LogP contribution in [-0.4, -0.2) is 38.9 Å². The Morgan fingerprint density at radius 3 is 2.91 bits per heavy atom. The zero-order chi connectivity index (χ0) is 16.4. The molecule has 0 radical (unpaired) electrons. The first kappa shape index (κ1) is 19.1. The van der Waals surface area contributed by atoms with Crippen LogP contribution in [0.15, 0.2) is 12.3 Å². The Hall–Kier alpha value is -0.960. The number of hydrogen-bond donors (Lipinski definition) is 2. The summed E-state index contributed by atoms with van der Waals surface area (Å²) in [7, 11) is 0. The van der Waals surface area contributed by atoms with Gasteiger partial charge >= 0.3 is 0 Å². The van der Waals surface area contributed by atoms with Gasteiger partial charge in [0, 0.05) is 19.6 Å². The fraction of sp³-hybridized carbons (Fsp3) is 0.786. The van der Waals surface area contributed by atoms with Crippen LogP contribution in [0.3, 0.4) is 0 Å². The van der Waals surface area contributed by atoms with Gasteiger partial charge in [-0.1, -0.05) is 13.0 Å². The monoisotopic (exact) mass is 333 g/mol. The molecular weight excluding hydrogens is 308 g/mol. The van der Waals surface area contributed by atoms with E-state index in [-0.39, 0.29) is 6.42 Å². The maximum Gasteiger partial charge on any atom is 0.261 e. The molecule has 3 atom stereocenters. The molecule has 0 spiro atoms. The van der Waals surface area contributed by atoms with Gasteiger partial charge in [0.15, 0.2) is 6.29 Å². The summed E-state index contributed by atoms with van der Waals surface area (Å²) in [5, 5.41) is 2.96. The molecule has 2 N–H and O–H groups in total. The molecule has 8 heteroatoms. The van der Waals surface area contributed by atoms with Crippen molar-refractivity contribution in [2.45, 2.75) is 57.0 Å². The van der Waals surface area contributed by atoms with Crippen LogP contribution in [0, 0.1) is 0 Å². The first-order chi connectivity index (χ1) is 10.5. The number of hydroxylamine groups is 1. The van der Waals surface area contributed by atoms with Gasteiger partial charge < -0.3 is 14.6 Å². The summed E-state index contributed by atoms with van der Waals surface area (Å²) >= 11 is -2.56. The van der Waals surface area contributed by atoms with Crippen molar-refractivity contribution in [3.05, 3.63) is 12.3 Å². The zero-order valence-corrected chi connectivity index (χ0v) is 13.9. The second kappa shape index (κ2) is 9.94. The van der Waals surface area contributed by atoms with E-state index in [9.17, 15) is 13.6 Å². The molecule has 1 aliphatic heterocycles. The number of ether oxygens (including phenoxy) is 1. The van der Waals surface area contributed by atoms with E-state index in [1.165, 1.54) is 6.92 Å². The van der Waals surface area contributed by atoms with E-state index in [1.807, 2.05) is 13.0 Å². The standard InChI is InChI=1S/C14H26N2O5S/c1-3-4-9-15-10-8-14(2,22(18)19)13(17)16-21-12-7-5-6-11-20-12/h4,9,12,15H,3,5-8,10-11H2,1-2H3,(H,16,17)(H,18,19)/p-1/b9-4-. The minimum Gasteiger partial charge on any atom is -0.772 e. The van der Waals surface area contributed by atoms with Crippen molar-refractivity contribution in [3.63, 3.8) is 0 Å². The molecule has 1 heterocycles. The van der Waals surface area contributed by atoms with Crippen LogP contribution >= 0.6 is 0 Å². The fourth-order valence-corrected chi connectivity index (χ4v) is 2.36. The Balaban J connectivity index is 2.46. The van der Waals surface area contributed by atoms with Crippen LogP contribution in [-0.2, 0) is 25.4 Å². The summed E-state index contributed by atoms with van der Waals surface area (Å²) in [5.74, 6) is -0.684. The molecule has 1 fully saturated rings. The largest absolute Gasteiger partial charge is 0.772 e. The molecule has 128 valence electrons. The summed E-state index contributed by atoms with van der Waals surface area (Å²) in [4.78, 5) is 17.3. The topological polar surface area (TPSA) is 99.7 Å². The van der Waals surface area contributed by atoms with Crippen molar-refractivity contribution in [1.29, 1.82) is 0 Å². The summed E-state index contributed by atoms with van der Waals surface area (Å²) in [6.07, 6.45) is 6.78. The van der Waals surface area contributed by atoms with Gasteiger partial charge in [-0.2, -0.15) is 0 Å². The molecule has 1 saturated heterocycles. The van der Waals surface area contributed by atoms with Gasteiger partial charge in [0.2, 0.25) is 0 Å². The normalized spacial score (nSPS) is 23.0. The fourth-order valence-electron chi connectivity index (χ4n) is 1.90. The molecule has 0 aromatic heterocycles. The van der Waals surface area contributed by atoms with Crippen molar-refractivity contribution in [3.8, 4) is 0 Å². The van der Waals surface area contributed by atoms with Crippen molar-refractivity contribution in [1.82, 2.24) is 10.8 Å². The third-order valence-corrected chi connectivity index (χ3v) is 4.61. The van der Waals surface area contributed by atoms with Gasteiger partial charge in [0.25, 0.3) is 5.91 Å². The number of rotatable bonds is 9. The highest BCUT2D eigenvalue weighted by molar-refractivity contribution is 7.81. The van der Waals surface area contributed by atoms with Crippen molar-refractivity contribution in [2.24, 2.45) is 0 Å². The summed E-state index contributed by atoms with van der Waals surface area (Å²) in [5.41, 5.74) is 2.22. The van der Waals surface area contributed by atoms with Gasteiger partial charge in [0.05, 0.1) is 0 Å². The van der Waals surface area contributed by atoms with Gasteiger partial charge in [-0.05, 0) is 49.9 Å². The Morgan fingerprint density at radius 2 is 2.32 bits per heavy atom. The average molecular weight is 333 g/mol. The van der Waals surface area contributed by atoms with Crippen LogP contribution in [0.4, 0.5) is 0 Å². The summed E-state index contributed by atoms with van der Waals surface area (Å²) < 4.78 is 26.6. The molecule has 0 saturated carbocycles. The van der Waals surface area contributed by atoms with E-state index in [0.29, 0.717) is 19.6 Å². The molecule has 1 rings (SSSR count). The van der Waals surface area contributed by atoms with E-state index >= 15 is 0 Å². The lowest BCUT2D eigenvalue weighted by Gasteiger charge is -2.31. The summed E-state index contributed by atoms with van der Waals surface area (Å²) in [6.45, 7) is 4.32. The minimum absolute atomic E-state index is 0.137. The van der Waals surface area contributed by atoms with Crippen molar-refractivity contribution in [2.75, 3.05) is 13.2 Å². The predicted molar refractivity (Wildman–Crippen MR) is 82.2 cm³/mol. The highest BCUT2D eigenvalue weighted by Crippen LogP contribution is 2.18. The third-order valence-electron chi connectivity index (χ3n) is 3.49. The Bertz CT molecular complexity index is 399. The van der Waals surface area contributed by atoms with Gasteiger partial charge in [0.1, 0.15) is 4.75 Å². The number of carbonyl (C=O) groups is 1. The van der Waals surface area contributed by atoms with Crippen molar-refractivity contribution >= 4 is 17.0 Å². The highest BCUT2D eigenvalue weighted by atomic mass is 32.2. The van der Waals surface area contributed by atoms with Crippen LogP contribution < -0.4 is 10.8 Å². The minimum atomic E-state index is -2.56. The maximum absolute atomic E-state index is 12.1. The smallest absolute Gasteiger partial charge is 0.261 e. The first-order valence-corrected chi connectivity index (χ1v) is 8.63. The lowest BCUT2D eigenvalue weighted by Crippen LogP contribution is -2.50. The van der Waals surface area contributed by atoms with Gasteiger partial charge in [-0.15, -0.1) is 0 Å². The number of nitrogens with one attached hydrogen (secondary N) is 2. The molecule has 0 aromatic rings. The lowest BCUT2D eigenvalue weighted by atomic mass is 10.1. The van der Waals surface area contributed by atoms with Crippen LogP contribution in [0.25, 0.3) is 0 Å². The van der Waals surface area contributed by atoms with Crippen LogP contribution in [0.5, 0.6) is 0 Å². The van der Waals surface area contributed by atoms with E-state index in [2.05, 4.69) is 10.8 Å². The first-order valence-electron chi connectivity index (χ1n) is 7.56. The molecule has 0 aliphatic carbocycles. The Morgan fingerprint density at radius 1 is 1.55 bits per heavy atom. The van der Waals surface area contributed by atoms with Crippen molar-refractivity contribution < 1.29 is 23.1 Å². The van der Waals surface area contributed by atoms with E-state index in [4.69, 9.17) is 9.57 Å². The number of hydrogen-bond acceptors (Lipinski definition) is 6. The Labute approximate surface area is 134 Å². The second-order valence-corrected chi connectivity index (χ2v) is 6.70. The molecule has 0 aromatic carbocycles. The van der Waals surface area contributed by atoms with Gasteiger partial charge in [-0.3, -0.25) is 9.00 Å². The van der Waals surface area contributed by atoms with E-state index in [1.54, 1.807) is 6.20 Å². The SMILES string of the molecule is CC/C=C\NCCC(C)(C(=O)NOC1CCCCO1)S(=O)[O-]. The average Bonchev–Trinajstić information content (AvgIpc) is 2.52. The molecule has 0 bridgehead atoms. The number of carbonyl (C=O) groups excluding carboxylic acids is 1. The van der Waals surface area contributed by atoms with E-state index < -0.39 is 28.0 Å². The summed E-state index contributed by atoms with van der Waals surface area (Å²) in [6, 6.07) is 0. The molecule has 1 aliphatic rings. The maximum atomic E-state index is 12.1. The number of amides is 1. The zero-order valence-electron chi connectivity index (χ0n) is 13.1. The molecular formula is C14H25N2O5S-. The molecule has 7 nitrogen and oxygen atoms in total. The van der Waals surface area contributed by atoms with Crippen LogP contribution in [0.2, 0.25) is 0 Å². The second-order valence-electron chi connectivity index (χ2n) is 5.33. The quantitative estimate of drug-likeness (QED) is 0.372. The van der Waals surface area contributed by atoms with Crippen LogP contribution in [0.1, 0.15) is 46.0 Å².